The van der Waals surface area contributed by atoms with Gasteiger partial charge in [-0.05, 0) is 56.7 Å². The van der Waals surface area contributed by atoms with Gasteiger partial charge in [-0.15, -0.1) is 0 Å². The molecule has 30 heavy (non-hydrogen) atoms. The van der Waals surface area contributed by atoms with Crippen LogP contribution in [0.5, 0.6) is 0 Å². The fourth-order valence-corrected chi connectivity index (χ4v) is 6.02. The van der Waals surface area contributed by atoms with Crippen molar-refractivity contribution >= 4 is 10.6 Å². The van der Waals surface area contributed by atoms with E-state index in [-0.39, 0.29) is 12.0 Å². The number of aliphatic hydroxyl groups is 1. The van der Waals surface area contributed by atoms with Crippen LogP contribution < -0.4 is 5.32 Å². The zero-order valence-corrected chi connectivity index (χ0v) is 20.0. The molecule has 7 heteroatoms. The van der Waals surface area contributed by atoms with E-state index in [0.717, 1.165) is 42.4 Å². The minimum Gasteiger partial charge on any atom is -0.444 e. The average molecular weight is 437 g/mol. The van der Waals surface area contributed by atoms with Gasteiger partial charge in [-0.1, -0.05) is 56.1 Å². The highest BCUT2D eigenvalue weighted by Gasteiger charge is 2.49. The third-order valence-electron chi connectivity index (χ3n) is 7.52. The van der Waals surface area contributed by atoms with Crippen LogP contribution in [0.4, 0.5) is 0 Å². The topological polar surface area (TPSA) is 96.7 Å². The van der Waals surface area contributed by atoms with E-state index < -0.39 is 32.5 Å². The van der Waals surface area contributed by atoms with Gasteiger partial charge >= 0.3 is 0 Å². The molecule has 1 heterocycles. The normalized spacial score (nSPS) is 27.2. The van der Waals surface area contributed by atoms with Gasteiger partial charge in [0.25, 0.3) is 0 Å². The highest BCUT2D eigenvalue weighted by atomic mass is 32.2. The Balaban J connectivity index is 1.76. The van der Waals surface area contributed by atoms with Crippen LogP contribution in [0.25, 0.3) is 0 Å². The molecule has 0 spiro atoms. The second kappa shape index (κ2) is 8.17. The van der Waals surface area contributed by atoms with Gasteiger partial charge in [-0.3, -0.25) is 0 Å². The molecule has 1 saturated carbocycles. The highest BCUT2D eigenvalue weighted by molar-refractivity contribution is 7.75. The molecule has 1 fully saturated rings. The van der Waals surface area contributed by atoms with Gasteiger partial charge in [0, 0.05) is 12.6 Å². The molecule has 1 aromatic rings. The summed E-state index contributed by atoms with van der Waals surface area (Å²) < 4.78 is 19.2. The average Bonchev–Trinajstić information content (AvgIpc) is 2.83. The molecule has 0 radical (unpaired) electrons. The van der Waals surface area contributed by atoms with Crippen LogP contribution in [-0.4, -0.2) is 32.7 Å². The lowest BCUT2D eigenvalue weighted by Gasteiger charge is -2.45. The predicted octanol–water partition coefficient (Wildman–Crippen LogP) is 4.55. The smallest absolute Gasteiger partial charge is 0.0914 e. The maximum atomic E-state index is 12.0. The summed E-state index contributed by atoms with van der Waals surface area (Å²) in [4.78, 5) is 0. The SMILES string of the molecule is CC1(C)c2ccc(C(O)CNC3CCCCC3C(C)(C)[S-](=N)=O)cc2C(C)(C)N1O. The van der Waals surface area contributed by atoms with Crippen molar-refractivity contribution < 1.29 is 14.5 Å². The lowest BCUT2D eigenvalue weighted by molar-refractivity contribution is -0.216. The Bertz CT molecular complexity index is 855. The van der Waals surface area contributed by atoms with Crippen LogP contribution in [0.1, 0.15) is 90.0 Å². The second-order valence-electron chi connectivity index (χ2n) is 10.5. The standard InChI is InChI=1S/C23H38N3O3S/c1-21(2)16-12-11-15(13-18(16)22(3,4)26(21)28)20(27)14-25-19-10-8-7-9-17(19)23(5,6)30(24)29/h11-13,17,19-20,24-25,27-28H,7-10,14H2,1-6H3/q-1. The zero-order chi connectivity index (χ0) is 22.5. The van der Waals surface area contributed by atoms with Gasteiger partial charge < -0.3 is 24.6 Å². The van der Waals surface area contributed by atoms with Crippen molar-refractivity contribution in [1.82, 2.24) is 10.4 Å². The number of hydrogen-bond acceptors (Lipinski definition) is 7. The van der Waals surface area contributed by atoms with E-state index in [0.29, 0.717) is 6.54 Å². The molecule has 4 N–H and O–H groups in total. The highest BCUT2D eigenvalue weighted by Crippen LogP contribution is 2.48. The summed E-state index contributed by atoms with van der Waals surface area (Å²) in [7, 11) is -1.64. The Hall–Kier alpha value is -0.990. The van der Waals surface area contributed by atoms with Gasteiger partial charge in [-0.2, -0.15) is 15.7 Å². The van der Waals surface area contributed by atoms with E-state index in [4.69, 9.17) is 4.78 Å². The second-order valence-corrected chi connectivity index (χ2v) is 12.1. The molecule has 3 unspecified atom stereocenters. The summed E-state index contributed by atoms with van der Waals surface area (Å²) in [6, 6.07) is 6.13. The van der Waals surface area contributed by atoms with Crippen molar-refractivity contribution in [2.24, 2.45) is 5.92 Å². The first-order chi connectivity index (χ1) is 13.8. The Kier molecular flexibility index (Phi) is 6.45. The number of nitrogens with zero attached hydrogens (tertiary/aromatic N) is 1. The molecule has 1 aliphatic carbocycles. The van der Waals surface area contributed by atoms with Gasteiger partial charge in [0.05, 0.1) is 17.2 Å². The predicted molar refractivity (Wildman–Crippen MR) is 120 cm³/mol. The van der Waals surface area contributed by atoms with Crippen LogP contribution in [0, 0.1) is 10.7 Å². The minimum atomic E-state index is -1.64. The lowest BCUT2D eigenvalue weighted by Crippen LogP contribution is -2.49. The fourth-order valence-electron chi connectivity index (χ4n) is 5.46. The van der Waals surface area contributed by atoms with Gasteiger partial charge in [0.2, 0.25) is 0 Å². The van der Waals surface area contributed by atoms with E-state index in [1.54, 1.807) is 0 Å². The van der Waals surface area contributed by atoms with Gasteiger partial charge in [-0.25, -0.2) is 0 Å². The first-order valence-electron chi connectivity index (χ1n) is 11.0. The lowest BCUT2D eigenvalue weighted by atomic mass is 9.77. The third kappa shape index (κ3) is 3.95. The van der Waals surface area contributed by atoms with Crippen molar-refractivity contribution in [3.05, 3.63) is 34.9 Å². The zero-order valence-electron chi connectivity index (χ0n) is 19.2. The summed E-state index contributed by atoms with van der Waals surface area (Å²) in [6.07, 6.45) is 3.47. The number of aliphatic hydroxyl groups excluding tert-OH is 1. The molecule has 0 amide bonds. The Morgan fingerprint density at radius 2 is 1.80 bits per heavy atom. The van der Waals surface area contributed by atoms with Crippen molar-refractivity contribution in [3.8, 4) is 0 Å². The number of fused-ring (bicyclic) bond motifs is 1. The van der Waals surface area contributed by atoms with E-state index in [2.05, 4.69) is 5.32 Å². The maximum absolute atomic E-state index is 12.0. The number of hydroxylamine groups is 2. The van der Waals surface area contributed by atoms with E-state index >= 15 is 0 Å². The maximum Gasteiger partial charge on any atom is 0.0914 e. The monoisotopic (exact) mass is 436 g/mol. The Morgan fingerprint density at radius 3 is 2.43 bits per heavy atom. The van der Waals surface area contributed by atoms with Crippen molar-refractivity contribution in [2.45, 2.75) is 95.2 Å². The van der Waals surface area contributed by atoms with E-state index in [9.17, 15) is 14.5 Å². The summed E-state index contributed by atoms with van der Waals surface area (Å²) in [5.74, 6) is 0.152. The number of rotatable bonds is 6. The van der Waals surface area contributed by atoms with E-state index in [1.807, 2.05) is 59.7 Å². The van der Waals surface area contributed by atoms with Gasteiger partial charge in [0.15, 0.2) is 0 Å². The number of hydrogen-bond donors (Lipinski definition) is 4. The number of nitrogens with one attached hydrogen (secondary N) is 2. The van der Waals surface area contributed by atoms with Crippen LogP contribution in [0.3, 0.4) is 0 Å². The summed E-state index contributed by atoms with van der Waals surface area (Å²) >= 11 is 0. The van der Waals surface area contributed by atoms with Crippen LogP contribution in [0.15, 0.2) is 18.2 Å². The first-order valence-corrected chi connectivity index (χ1v) is 12.1. The van der Waals surface area contributed by atoms with Crippen molar-refractivity contribution in [3.63, 3.8) is 0 Å². The van der Waals surface area contributed by atoms with Crippen molar-refractivity contribution in [1.29, 1.82) is 4.78 Å². The number of benzene rings is 1. The Morgan fingerprint density at radius 1 is 1.20 bits per heavy atom. The molecule has 6 nitrogen and oxygen atoms in total. The molecule has 170 valence electrons. The molecule has 1 aliphatic heterocycles. The molecular weight excluding hydrogens is 398 g/mol. The Labute approximate surface area is 183 Å². The van der Waals surface area contributed by atoms with Crippen LogP contribution in [-0.2, 0) is 25.9 Å². The molecule has 3 rings (SSSR count). The fraction of sp³-hybridized carbons (Fsp3) is 0.739. The minimum absolute atomic E-state index is 0.149. The molecule has 0 bridgehead atoms. The van der Waals surface area contributed by atoms with Crippen molar-refractivity contribution in [2.75, 3.05) is 6.54 Å². The van der Waals surface area contributed by atoms with Gasteiger partial charge in [0.1, 0.15) is 0 Å². The molecular formula is C23H38N3O3S-. The first kappa shape index (κ1) is 23.7. The summed E-state index contributed by atoms with van der Waals surface area (Å²) in [5.41, 5.74) is 1.93. The van der Waals surface area contributed by atoms with E-state index in [1.165, 1.54) is 5.06 Å². The molecule has 3 atom stereocenters. The summed E-state index contributed by atoms with van der Waals surface area (Å²) in [6.45, 7) is 12.2. The van der Waals surface area contributed by atoms with Crippen LogP contribution >= 0.6 is 0 Å². The molecule has 1 aromatic carbocycles. The molecule has 2 aliphatic rings. The third-order valence-corrected chi connectivity index (χ3v) is 8.77. The molecule has 0 saturated heterocycles. The molecule has 0 aromatic heterocycles. The largest absolute Gasteiger partial charge is 0.444 e. The summed E-state index contributed by atoms with van der Waals surface area (Å²) in [5, 5.41) is 26.5. The van der Waals surface area contributed by atoms with Crippen LogP contribution in [0.2, 0.25) is 0 Å². The quantitative estimate of drug-likeness (QED) is 0.491.